The van der Waals surface area contributed by atoms with Gasteiger partial charge in [-0.15, -0.1) is 0 Å². The van der Waals surface area contributed by atoms with Crippen LogP contribution in [0.5, 0.6) is 5.75 Å². The molecule has 0 amide bonds. The lowest BCUT2D eigenvalue weighted by atomic mass is 10.2. The van der Waals surface area contributed by atoms with Crippen LogP contribution < -0.4 is 9.46 Å². The molecule has 1 aromatic carbocycles. The van der Waals surface area contributed by atoms with E-state index in [1.807, 2.05) is 73.1 Å². The minimum Gasteiger partial charge on any atom is -0.494 e. The minimum atomic E-state index is 0.769. The van der Waals surface area contributed by atoms with Gasteiger partial charge in [-0.1, -0.05) is 0 Å². The van der Waals surface area contributed by atoms with E-state index in [0.29, 0.717) is 0 Å². The molecule has 0 bridgehead atoms. The number of rotatable bonds is 5. The molecule has 0 fully saturated rings. The van der Waals surface area contributed by atoms with E-state index >= 15 is 0 Å². The number of nitrogens with zero attached hydrogens (tertiary/aromatic N) is 5. The van der Waals surface area contributed by atoms with Gasteiger partial charge in [-0.25, -0.2) is 9.67 Å². The zero-order chi connectivity index (χ0) is 19.0. The van der Waals surface area contributed by atoms with Gasteiger partial charge in [-0.05, 0) is 55.6 Å². The van der Waals surface area contributed by atoms with Crippen LogP contribution in [0.2, 0.25) is 0 Å². The van der Waals surface area contributed by atoms with E-state index in [-0.39, 0.29) is 0 Å². The number of benzene rings is 1. The van der Waals surface area contributed by atoms with Crippen LogP contribution >= 0.6 is 11.9 Å². The summed E-state index contributed by atoms with van der Waals surface area (Å²) >= 11 is 1.48. The average molecular weight is 380 g/mol. The van der Waals surface area contributed by atoms with E-state index in [9.17, 15) is 0 Å². The van der Waals surface area contributed by atoms with Gasteiger partial charge in [0, 0.05) is 29.2 Å². The van der Waals surface area contributed by atoms with Crippen molar-refractivity contribution in [1.29, 1.82) is 0 Å². The number of aryl methyl sites for hydroxylation is 2. The summed E-state index contributed by atoms with van der Waals surface area (Å²) < 4.78 is 12.6. The molecule has 0 aliphatic rings. The number of hydrogen-bond donors (Lipinski definition) is 1. The summed E-state index contributed by atoms with van der Waals surface area (Å²) in [4.78, 5) is 5.53. The predicted molar refractivity (Wildman–Crippen MR) is 108 cm³/mol. The third kappa shape index (κ3) is 3.12. The summed E-state index contributed by atoms with van der Waals surface area (Å²) in [5.74, 6) is 1.57. The number of ether oxygens (including phenoxy) is 1. The molecule has 0 radical (unpaired) electrons. The van der Waals surface area contributed by atoms with Crippen LogP contribution in [-0.2, 0) is 7.05 Å². The highest BCUT2D eigenvalue weighted by molar-refractivity contribution is 8.00. The molecule has 27 heavy (non-hydrogen) atoms. The first-order valence-electron chi connectivity index (χ1n) is 8.47. The van der Waals surface area contributed by atoms with Crippen molar-refractivity contribution < 1.29 is 4.74 Å². The molecule has 138 valence electrons. The average Bonchev–Trinajstić information content (AvgIpc) is 3.23. The molecular formula is C19H20N6OS. The Morgan fingerprint density at radius 2 is 1.89 bits per heavy atom. The Morgan fingerprint density at radius 3 is 2.56 bits per heavy atom. The molecule has 0 saturated heterocycles. The quantitative estimate of drug-likeness (QED) is 0.530. The molecule has 0 unspecified atom stereocenters. The summed E-state index contributed by atoms with van der Waals surface area (Å²) in [5, 5.41) is 9.76. The number of hydrogen-bond acceptors (Lipinski definition) is 6. The standard InChI is InChI=1S/C19H20N6OS/c1-12-9-22-25(13(12)2)17-8-6-15(11-20-17)27-23-18-16(26-4)7-5-14-10-21-24(3)19(14)18/h5-11,23H,1-4H3. The molecule has 1 N–H and O–H groups in total. The maximum absolute atomic E-state index is 5.51. The molecule has 0 saturated carbocycles. The van der Waals surface area contributed by atoms with Gasteiger partial charge in [-0.2, -0.15) is 10.2 Å². The van der Waals surface area contributed by atoms with Gasteiger partial charge >= 0.3 is 0 Å². The number of fused-ring (bicyclic) bond motifs is 1. The number of anilines is 1. The number of pyridine rings is 1. The van der Waals surface area contributed by atoms with E-state index in [2.05, 4.69) is 19.9 Å². The van der Waals surface area contributed by atoms with Gasteiger partial charge in [0.25, 0.3) is 0 Å². The van der Waals surface area contributed by atoms with Crippen molar-refractivity contribution in [2.45, 2.75) is 18.7 Å². The van der Waals surface area contributed by atoms with Crippen LogP contribution in [0, 0.1) is 13.8 Å². The summed E-state index contributed by atoms with van der Waals surface area (Å²) in [6, 6.07) is 7.93. The molecule has 0 spiro atoms. The minimum absolute atomic E-state index is 0.769. The number of aromatic nitrogens is 5. The fourth-order valence-corrected chi connectivity index (χ4v) is 3.57. The third-order valence-electron chi connectivity index (χ3n) is 4.55. The van der Waals surface area contributed by atoms with Crippen LogP contribution in [0.25, 0.3) is 16.7 Å². The Labute approximate surface area is 161 Å². The van der Waals surface area contributed by atoms with Crippen LogP contribution in [-0.4, -0.2) is 31.7 Å². The van der Waals surface area contributed by atoms with Crippen molar-refractivity contribution in [3.63, 3.8) is 0 Å². The highest BCUT2D eigenvalue weighted by Crippen LogP contribution is 2.36. The Balaban J connectivity index is 1.58. The largest absolute Gasteiger partial charge is 0.494 e. The van der Waals surface area contributed by atoms with Crippen LogP contribution in [0.15, 0.2) is 47.8 Å². The van der Waals surface area contributed by atoms with Gasteiger partial charge in [0.05, 0.1) is 25.0 Å². The summed E-state index contributed by atoms with van der Waals surface area (Å²) in [6.07, 6.45) is 5.52. The monoisotopic (exact) mass is 380 g/mol. The van der Waals surface area contributed by atoms with Crippen LogP contribution in [0.3, 0.4) is 0 Å². The third-order valence-corrected chi connectivity index (χ3v) is 5.33. The van der Waals surface area contributed by atoms with E-state index in [4.69, 9.17) is 4.74 Å². The Hall–Kier alpha value is -3.00. The lowest BCUT2D eigenvalue weighted by molar-refractivity contribution is 0.417. The number of methoxy groups -OCH3 is 1. The zero-order valence-corrected chi connectivity index (χ0v) is 16.4. The van der Waals surface area contributed by atoms with Crippen molar-refractivity contribution >= 4 is 28.5 Å². The van der Waals surface area contributed by atoms with Gasteiger partial charge in [0.2, 0.25) is 0 Å². The lowest BCUT2D eigenvalue weighted by Crippen LogP contribution is -2.02. The predicted octanol–water partition coefficient (Wildman–Crippen LogP) is 3.90. The van der Waals surface area contributed by atoms with Crippen molar-refractivity contribution in [3.8, 4) is 11.6 Å². The Bertz CT molecular complexity index is 1100. The lowest BCUT2D eigenvalue weighted by Gasteiger charge is -2.12. The first kappa shape index (κ1) is 17.4. The molecule has 0 aliphatic heterocycles. The van der Waals surface area contributed by atoms with E-state index in [0.717, 1.165) is 44.3 Å². The Kier molecular flexibility index (Phi) is 4.49. The second-order valence-corrected chi connectivity index (χ2v) is 7.11. The van der Waals surface area contributed by atoms with E-state index < -0.39 is 0 Å². The van der Waals surface area contributed by atoms with Crippen molar-refractivity contribution in [2.75, 3.05) is 11.8 Å². The zero-order valence-electron chi connectivity index (χ0n) is 15.6. The topological polar surface area (TPSA) is 69.8 Å². The van der Waals surface area contributed by atoms with Crippen LogP contribution in [0.4, 0.5) is 5.69 Å². The molecule has 4 aromatic rings. The maximum atomic E-state index is 5.51. The highest BCUT2D eigenvalue weighted by atomic mass is 32.2. The smallest absolute Gasteiger partial charge is 0.153 e. The van der Waals surface area contributed by atoms with Gasteiger partial charge in [0.15, 0.2) is 5.82 Å². The summed E-state index contributed by atoms with van der Waals surface area (Å²) in [6.45, 7) is 4.08. The van der Waals surface area contributed by atoms with Crippen molar-refractivity contribution in [2.24, 2.45) is 7.05 Å². The molecule has 7 nitrogen and oxygen atoms in total. The van der Waals surface area contributed by atoms with E-state index in [1.165, 1.54) is 11.9 Å². The van der Waals surface area contributed by atoms with Crippen LogP contribution in [0.1, 0.15) is 11.3 Å². The molecule has 0 atom stereocenters. The first-order chi connectivity index (χ1) is 13.1. The first-order valence-corrected chi connectivity index (χ1v) is 9.29. The molecule has 8 heteroatoms. The molecule has 3 heterocycles. The Morgan fingerprint density at radius 1 is 1.04 bits per heavy atom. The molecule has 0 aliphatic carbocycles. The van der Waals surface area contributed by atoms with Gasteiger partial charge < -0.3 is 9.46 Å². The molecular weight excluding hydrogens is 360 g/mol. The van der Waals surface area contributed by atoms with Crippen molar-refractivity contribution in [1.82, 2.24) is 24.5 Å². The van der Waals surface area contributed by atoms with E-state index in [1.54, 1.807) is 7.11 Å². The van der Waals surface area contributed by atoms with Gasteiger partial charge in [0.1, 0.15) is 11.4 Å². The summed E-state index contributed by atoms with van der Waals surface area (Å²) in [7, 11) is 3.58. The fraction of sp³-hybridized carbons (Fsp3) is 0.211. The summed E-state index contributed by atoms with van der Waals surface area (Å²) in [5.41, 5.74) is 4.12. The highest BCUT2D eigenvalue weighted by Gasteiger charge is 2.13. The van der Waals surface area contributed by atoms with Crippen molar-refractivity contribution in [3.05, 3.63) is 54.1 Å². The fourth-order valence-electron chi connectivity index (χ4n) is 2.91. The normalized spacial score (nSPS) is 11.1. The molecule has 4 rings (SSSR count). The maximum Gasteiger partial charge on any atom is 0.153 e. The van der Waals surface area contributed by atoms with Gasteiger partial charge in [-0.3, -0.25) is 4.68 Å². The second-order valence-electron chi connectivity index (χ2n) is 6.23. The second kappa shape index (κ2) is 6.96. The number of nitrogens with one attached hydrogen (secondary N) is 1. The SMILES string of the molecule is COc1ccc2cnn(C)c2c1NSc1ccc(-n2ncc(C)c2C)nc1. The molecule has 3 aromatic heterocycles.